The normalized spacial score (nSPS) is 11.6. The second-order valence-corrected chi connectivity index (χ2v) is 8.30. The monoisotopic (exact) mass is 316 g/mol. The Balaban J connectivity index is 2.08. The first kappa shape index (κ1) is 14.6. The van der Waals surface area contributed by atoms with Gasteiger partial charge < -0.3 is 9.36 Å². The number of hydrogen-bond acceptors (Lipinski definition) is 2. The zero-order valence-electron chi connectivity index (χ0n) is 11.7. The molecule has 0 amide bonds. The van der Waals surface area contributed by atoms with Crippen molar-refractivity contribution in [1.82, 2.24) is 9.55 Å². The summed E-state index contributed by atoms with van der Waals surface area (Å²) in [6.07, 6.45) is 5.32. The number of imidazole rings is 1. The van der Waals surface area contributed by atoms with Crippen LogP contribution in [0.1, 0.15) is 0 Å². The van der Waals surface area contributed by atoms with E-state index in [0.717, 1.165) is 0 Å². The molecule has 0 saturated carbocycles. The minimum Gasteiger partial charge on any atom is -0.423 e. The molecule has 0 saturated heterocycles. The van der Waals surface area contributed by atoms with E-state index in [4.69, 9.17) is 0 Å². The van der Waals surface area contributed by atoms with E-state index in [1.54, 1.807) is 47.6 Å². The molecule has 0 atom stereocenters. The highest BCUT2D eigenvalue weighted by atomic mass is 28.4. The van der Waals surface area contributed by atoms with Crippen molar-refractivity contribution in [2.75, 3.05) is 0 Å². The molecule has 0 spiro atoms. The Morgan fingerprint density at radius 2 is 1.41 bits per heavy atom. The maximum Gasteiger partial charge on any atom is 0.272 e. The number of benzene rings is 2. The average molecular weight is 316 g/mol. The van der Waals surface area contributed by atoms with Gasteiger partial charge in [-0.15, -0.1) is 0 Å². The molecule has 0 fully saturated rings. The highest BCUT2D eigenvalue weighted by Gasteiger charge is 2.36. The van der Waals surface area contributed by atoms with Crippen LogP contribution in [0, 0.1) is 11.6 Å². The summed E-state index contributed by atoms with van der Waals surface area (Å²) in [5.41, 5.74) is 0. The van der Waals surface area contributed by atoms with Crippen LogP contribution in [0.4, 0.5) is 8.78 Å². The summed E-state index contributed by atoms with van der Waals surface area (Å²) in [7, 11) is -3.16. The first-order valence-electron chi connectivity index (χ1n) is 6.78. The molecule has 1 aromatic heterocycles. The first-order valence-corrected chi connectivity index (χ1v) is 8.93. The van der Waals surface area contributed by atoms with Crippen LogP contribution >= 0.6 is 0 Å². The summed E-state index contributed by atoms with van der Waals surface area (Å²) in [5, 5.41) is 1.32. The second kappa shape index (κ2) is 5.82. The van der Waals surface area contributed by atoms with E-state index in [-0.39, 0.29) is 11.6 Å². The van der Waals surface area contributed by atoms with Gasteiger partial charge in [0.1, 0.15) is 11.6 Å². The number of aromatic nitrogens is 2. The van der Waals surface area contributed by atoms with Crippen LogP contribution in [-0.2, 0) is 6.17 Å². The predicted molar refractivity (Wildman–Crippen MR) is 82.3 cm³/mol. The molecule has 1 N–H and O–H groups in total. The molecule has 0 bridgehead atoms. The molecule has 3 aromatic rings. The summed E-state index contributed by atoms with van der Waals surface area (Å²) >= 11 is 0. The van der Waals surface area contributed by atoms with Crippen molar-refractivity contribution in [1.29, 1.82) is 0 Å². The molecular formula is C16H14F2N2OSi. The van der Waals surface area contributed by atoms with E-state index in [1.807, 2.05) is 0 Å². The van der Waals surface area contributed by atoms with E-state index >= 15 is 0 Å². The van der Waals surface area contributed by atoms with Gasteiger partial charge in [0.15, 0.2) is 0 Å². The highest BCUT2D eigenvalue weighted by Crippen LogP contribution is 2.08. The molecule has 0 aliphatic heterocycles. The molecule has 0 aliphatic carbocycles. The van der Waals surface area contributed by atoms with Crippen molar-refractivity contribution in [2.24, 2.45) is 0 Å². The molecule has 3 rings (SSSR count). The molecule has 0 radical (unpaired) electrons. The Hall–Kier alpha value is -2.31. The molecule has 112 valence electrons. The SMILES string of the molecule is O[Si](Cn1ccnc1)(c1ccc(F)cc1)c1ccc(F)cc1. The van der Waals surface area contributed by atoms with E-state index in [0.29, 0.717) is 16.5 Å². The zero-order chi connectivity index (χ0) is 15.6. The number of halogens is 2. The molecule has 3 nitrogen and oxygen atoms in total. The third-order valence-electron chi connectivity index (χ3n) is 3.61. The molecule has 2 aromatic carbocycles. The Bertz CT molecular complexity index is 697. The topological polar surface area (TPSA) is 38.0 Å². The van der Waals surface area contributed by atoms with Crippen molar-refractivity contribution in [3.8, 4) is 0 Å². The van der Waals surface area contributed by atoms with Crippen molar-refractivity contribution < 1.29 is 13.6 Å². The van der Waals surface area contributed by atoms with Gasteiger partial charge in [-0.3, -0.25) is 0 Å². The van der Waals surface area contributed by atoms with Crippen LogP contribution in [-0.4, -0.2) is 22.7 Å². The highest BCUT2D eigenvalue weighted by molar-refractivity contribution is 6.95. The van der Waals surface area contributed by atoms with Crippen LogP contribution in [0.5, 0.6) is 0 Å². The van der Waals surface area contributed by atoms with Gasteiger partial charge in [0.25, 0.3) is 8.32 Å². The Morgan fingerprint density at radius 3 is 1.82 bits per heavy atom. The number of hydrogen-bond donors (Lipinski definition) is 1. The Morgan fingerprint density at radius 1 is 0.909 bits per heavy atom. The zero-order valence-corrected chi connectivity index (χ0v) is 12.7. The molecule has 0 aliphatic rings. The fraction of sp³-hybridized carbons (Fsp3) is 0.0625. The standard InChI is InChI=1S/C16H14F2N2OSi/c17-13-1-5-15(6-2-13)22(21,12-20-10-9-19-11-20)16-7-3-14(18)4-8-16/h1-11,21H,12H2. The van der Waals surface area contributed by atoms with Gasteiger partial charge in [-0.25, -0.2) is 13.8 Å². The second-order valence-electron chi connectivity index (χ2n) is 5.11. The Kier molecular flexibility index (Phi) is 3.87. The molecule has 6 heteroatoms. The van der Waals surface area contributed by atoms with Crippen molar-refractivity contribution in [3.63, 3.8) is 0 Å². The van der Waals surface area contributed by atoms with E-state index in [9.17, 15) is 13.6 Å². The van der Waals surface area contributed by atoms with Crippen LogP contribution in [0.2, 0.25) is 0 Å². The van der Waals surface area contributed by atoms with Crippen LogP contribution in [0.3, 0.4) is 0 Å². The van der Waals surface area contributed by atoms with Gasteiger partial charge in [0.05, 0.1) is 12.5 Å². The summed E-state index contributed by atoms with van der Waals surface area (Å²) in [5.74, 6) is -0.719. The molecule has 1 heterocycles. The third kappa shape index (κ3) is 2.83. The lowest BCUT2D eigenvalue weighted by molar-refractivity contribution is 0.546. The van der Waals surface area contributed by atoms with Gasteiger partial charge in [-0.05, 0) is 34.6 Å². The summed E-state index contributed by atoms with van der Waals surface area (Å²) in [6.45, 7) is 0. The van der Waals surface area contributed by atoms with Gasteiger partial charge >= 0.3 is 0 Å². The maximum atomic E-state index is 13.2. The average Bonchev–Trinajstić information content (AvgIpc) is 3.01. The summed E-state index contributed by atoms with van der Waals surface area (Å²) < 4.78 is 28.1. The van der Waals surface area contributed by atoms with E-state index in [2.05, 4.69) is 4.98 Å². The predicted octanol–water partition coefficient (Wildman–Crippen LogP) is 1.45. The van der Waals surface area contributed by atoms with Gasteiger partial charge in [-0.2, -0.15) is 0 Å². The van der Waals surface area contributed by atoms with Crippen molar-refractivity contribution in [2.45, 2.75) is 6.17 Å². The summed E-state index contributed by atoms with van der Waals surface area (Å²) in [4.78, 5) is 15.3. The lowest BCUT2D eigenvalue weighted by Gasteiger charge is -2.26. The van der Waals surface area contributed by atoms with Gasteiger partial charge in [0.2, 0.25) is 0 Å². The van der Waals surface area contributed by atoms with Crippen molar-refractivity contribution >= 4 is 18.7 Å². The fourth-order valence-corrected chi connectivity index (χ4v) is 5.30. The lowest BCUT2D eigenvalue weighted by atomic mass is 10.3. The number of rotatable bonds is 4. The van der Waals surface area contributed by atoms with Gasteiger partial charge in [0, 0.05) is 12.4 Å². The quantitative estimate of drug-likeness (QED) is 0.740. The van der Waals surface area contributed by atoms with Crippen LogP contribution in [0.25, 0.3) is 0 Å². The number of nitrogens with zero attached hydrogens (tertiary/aromatic N) is 2. The van der Waals surface area contributed by atoms with E-state index < -0.39 is 8.32 Å². The molecular weight excluding hydrogens is 302 g/mol. The largest absolute Gasteiger partial charge is 0.423 e. The van der Waals surface area contributed by atoms with E-state index in [1.165, 1.54) is 24.3 Å². The minimum absolute atomic E-state index is 0.324. The fourth-order valence-electron chi connectivity index (χ4n) is 2.44. The molecule has 0 unspecified atom stereocenters. The molecule has 22 heavy (non-hydrogen) atoms. The lowest BCUT2D eigenvalue weighted by Crippen LogP contribution is -2.61. The van der Waals surface area contributed by atoms with Crippen LogP contribution in [0.15, 0.2) is 67.3 Å². The third-order valence-corrected chi connectivity index (χ3v) is 7.01. The van der Waals surface area contributed by atoms with Crippen molar-refractivity contribution in [3.05, 3.63) is 78.9 Å². The smallest absolute Gasteiger partial charge is 0.272 e. The first-order chi connectivity index (χ1) is 10.6. The van der Waals surface area contributed by atoms with Crippen LogP contribution < -0.4 is 10.4 Å². The summed E-state index contributed by atoms with van der Waals surface area (Å²) in [6, 6.07) is 11.6. The Labute approximate surface area is 127 Å². The van der Waals surface area contributed by atoms with Gasteiger partial charge in [-0.1, -0.05) is 24.3 Å². The maximum absolute atomic E-state index is 13.2. The minimum atomic E-state index is -3.16.